The van der Waals surface area contributed by atoms with Crippen molar-refractivity contribution in [3.05, 3.63) is 34.6 Å². The van der Waals surface area contributed by atoms with Crippen LogP contribution in [0.1, 0.15) is 12.5 Å². The fourth-order valence-corrected chi connectivity index (χ4v) is 3.01. The van der Waals surface area contributed by atoms with Crippen LogP contribution >= 0.6 is 11.6 Å². The molecule has 0 saturated carbocycles. The van der Waals surface area contributed by atoms with Gasteiger partial charge in [-0.1, -0.05) is 17.7 Å². The van der Waals surface area contributed by atoms with E-state index >= 15 is 0 Å². The summed E-state index contributed by atoms with van der Waals surface area (Å²) in [5, 5.41) is -0.0859. The minimum Gasteiger partial charge on any atom is -0.329 e. The summed E-state index contributed by atoms with van der Waals surface area (Å²) in [6, 6.07) is 3.58. The minimum atomic E-state index is -3.48. The maximum absolute atomic E-state index is 13.0. The molecule has 1 rings (SSSR count). The molecule has 0 aromatic heterocycles. The van der Waals surface area contributed by atoms with Gasteiger partial charge in [-0.2, -0.15) is 0 Å². The first-order chi connectivity index (χ1) is 8.27. The van der Waals surface area contributed by atoms with Crippen molar-refractivity contribution < 1.29 is 12.8 Å². The summed E-state index contributed by atoms with van der Waals surface area (Å²) < 4.78 is 38.2. The molecule has 1 atom stereocenters. The first-order valence-electron chi connectivity index (χ1n) is 5.37. The SMILES string of the molecule is CC(CN)N(C)S(=O)(=O)Cc1ccc(F)c(Cl)c1. The first-order valence-corrected chi connectivity index (χ1v) is 7.36. The number of nitrogens with two attached hydrogens (primary N) is 1. The van der Waals surface area contributed by atoms with Crippen LogP contribution < -0.4 is 5.73 Å². The first kappa shape index (κ1) is 15.4. The van der Waals surface area contributed by atoms with Gasteiger partial charge in [0.25, 0.3) is 0 Å². The molecule has 18 heavy (non-hydrogen) atoms. The number of hydrogen-bond acceptors (Lipinski definition) is 3. The van der Waals surface area contributed by atoms with Gasteiger partial charge in [0, 0.05) is 19.6 Å². The Morgan fingerprint density at radius 1 is 1.50 bits per heavy atom. The molecule has 0 aliphatic heterocycles. The summed E-state index contributed by atoms with van der Waals surface area (Å²) in [5.74, 6) is -0.796. The third-order valence-electron chi connectivity index (χ3n) is 2.73. The second kappa shape index (κ2) is 5.97. The molecule has 7 heteroatoms. The number of rotatable bonds is 5. The molecule has 0 amide bonds. The van der Waals surface area contributed by atoms with Crippen LogP contribution in [0, 0.1) is 5.82 Å². The van der Waals surface area contributed by atoms with E-state index in [2.05, 4.69) is 0 Å². The molecule has 2 N–H and O–H groups in total. The average Bonchev–Trinajstić information content (AvgIpc) is 2.31. The van der Waals surface area contributed by atoms with Crippen LogP contribution in [0.2, 0.25) is 5.02 Å². The molecular weight excluding hydrogens is 279 g/mol. The van der Waals surface area contributed by atoms with Crippen molar-refractivity contribution >= 4 is 21.6 Å². The van der Waals surface area contributed by atoms with E-state index in [-0.39, 0.29) is 23.4 Å². The topological polar surface area (TPSA) is 63.4 Å². The predicted molar refractivity (Wildman–Crippen MR) is 70.3 cm³/mol. The Morgan fingerprint density at radius 2 is 2.11 bits per heavy atom. The average molecular weight is 295 g/mol. The fraction of sp³-hybridized carbons (Fsp3) is 0.455. The highest BCUT2D eigenvalue weighted by Gasteiger charge is 2.22. The van der Waals surface area contributed by atoms with Crippen molar-refractivity contribution in [3.8, 4) is 0 Å². The van der Waals surface area contributed by atoms with E-state index in [1.165, 1.54) is 23.5 Å². The normalized spacial score (nSPS) is 13.9. The van der Waals surface area contributed by atoms with Crippen molar-refractivity contribution in [1.29, 1.82) is 0 Å². The van der Waals surface area contributed by atoms with Gasteiger partial charge in [0.15, 0.2) is 0 Å². The zero-order chi connectivity index (χ0) is 13.9. The molecule has 0 radical (unpaired) electrons. The van der Waals surface area contributed by atoms with Gasteiger partial charge in [-0.3, -0.25) is 0 Å². The van der Waals surface area contributed by atoms with Crippen LogP contribution in [0.5, 0.6) is 0 Å². The molecular formula is C11H16ClFN2O2S. The highest BCUT2D eigenvalue weighted by Crippen LogP contribution is 2.19. The smallest absolute Gasteiger partial charge is 0.218 e. The second-order valence-electron chi connectivity index (χ2n) is 4.11. The summed E-state index contributed by atoms with van der Waals surface area (Å²) in [5.41, 5.74) is 5.87. The zero-order valence-corrected chi connectivity index (χ0v) is 11.8. The summed E-state index contributed by atoms with van der Waals surface area (Å²) in [7, 11) is -2.01. The van der Waals surface area contributed by atoms with Gasteiger partial charge < -0.3 is 5.73 Å². The number of benzene rings is 1. The van der Waals surface area contributed by atoms with E-state index in [4.69, 9.17) is 17.3 Å². The maximum Gasteiger partial charge on any atom is 0.218 e. The third kappa shape index (κ3) is 3.65. The lowest BCUT2D eigenvalue weighted by molar-refractivity contribution is 0.394. The van der Waals surface area contributed by atoms with Crippen LogP contribution in [-0.4, -0.2) is 32.4 Å². The third-order valence-corrected chi connectivity index (χ3v) is 4.96. The van der Waals surface area contributed by atoms with E-state index in [0.29, 0.717) is 5.56 Å². The molecule has 0 spiro atoms. The van der Waals surface area contributed by atoms with Crippen LogP contribution in [0.15, 0.2) is 18.2 Å². The molecule has 1 aromatic rings. The molecule has 0 aliphatic rings. The fourth-order valence-electron chi connectivity index (χ4n) is 1.36. The van der Waals surface area contributed by atoms with Gasteiger partial charge >= 0.3 is 0 Å². The number of hydrogen-bond donors (Lipinski definition) is 1. The molecule has 0 heterocycles. The summed E-state index contributed by atoms with van der Waals surface area (Å²) >= 11 is 5.61. The van der Waals surface area contributed by atoms with E-state index in [1.807, 2.05) is 0 Å². The van der Waals surface area contributed by atoms with Gasteiger partial charge in [-0.15, -0.1) is 0 Å². The van der Waals surface area contributed by atoms with Crippen molar-refractivity contribution in [2.75, 3.05) is 13.6 Å². The zero-order valence-electron chi connectivity index (χ0n) is 10.2. The van der Waals surface area contributed by atoms with Gasteiger partial charge in [0.1, 0.15) is 5.82 Å². The maximum atomic E-state index is 13.0. The monoisotopic (exact) mass is 294 g/mol. The second-order valence-corrected chi connectivity index (χ2v) is 6.54. The van der Waals surface area contributed by atoms with Crippen LogP contribution in [-0.2, 0) is 15.8 Å². The highest BCUT2D eigenvalue weighted by atomic mass is 35.5. The Bertz CT molecular complexity index is 522. The Kier molecular flexibility index (Phi) is 5.10. The largest absolute Gasteiger partial charge is 0.329 e. The van der Waals surface area contributed by atoms with E-state index in [0.717, 1.165) is 6.07 Å². The Morgan fingerprint density at radius 3 is 2.61 bits per heavy atom. The molecule has 102 valence electrons. The van der Waals surface area contributed by atoms with E-state index < -0.39 is 15.8 Å². The Labute approximate surface area is 112 Å². The number of halogens is 2. The van der Waals surface area contributed by atoms with Crippen LogP contribution in [0.4, 0.5) is 4.39 Å². The Hall–Kier alpha value is -0.690. The molecule has 0 fully saturated rings. The number of nitrogens with zero attached hydrogens (tertiary/aromatic N) is 1. The van der Waals surface area contributed by atoms with E-state index in [1.54, 1.807) is 6.92 Å². The van der Waals surface area contributed by atoms with Crippen molar-refractivity contribution in [2.45, 2.75) is 18.7 Å². The quantitative estimate of drug-likeness (QED) is 0.897. The van der Waals surface area contributed by atoms with Crippen molar-refractivity contribution in [2.24, 2.45) is 5.73 Å². The summed E-state index contributed by atoms with van der Waals surface area (Å²) in [4.78, 5) is 0. The lowest BCUT2D eigenvalue weighted by Gasteiger charge is -2.23. The number of sulfonamides is 1. The van der Waals surface area contributed by atoms with Gasteiger partial charge in [-0.05, 0) is 24.6 Å². The molecule has 0 saturated heterocycles. The van der Waals surface area contributed by atoms with Crippen molar-refractivity contribution in [1.82, 2.24) is 4.31 Å². The summed E-state index contributed by atoms with van der Waals surface area (Å²) in [6.45, 7) is 1.95. The van der Waals surface area contributed by atoms with Gasteiger partial charge in [0.2, 0.25) is 10.0 Å². The van der Waals surface area contributed by atoms with Gasteiger partial charge in [0.05, 0.1) is 10.8 Å². The molecule has 4 nitrogen and oxygen atoms in total. The lowest BCUT2D eigenvalue weighted by Crippen LogP contribution is -2.40. The lowest BCUT2D eigenvalue weighted by atomic mass is 10.2. The minimum absolute atomic E-state index is 0.0859. The molecule has 0 aliphatic carbocycles. The standard InChI is InChI=1S/C11H16ClFN2O2S/c1-8(6-14)15(2)18(16,17)7-9-3-4-11(13)10(12)5-9/h3-5,8H,6-7,14H2,1-2H3. The summed E-state index contributed by atoms with van der Waals surface area (Å²) in [6.07, 6.45) is 0. The highest BCUT2D eigenvalue weighted by molar-refractivity contribution is 7.88. The molecule has 0 bridgehead atoms. The number of likely N-dealkylation sites (N-methyl/N-ethyl adjacent to an activating group) is 1. The van der Waals surface area contributed by atoms with E-state index in [9.17, 15) is 12.8 Å². The Balaban J connectivity index is 2.92. The van der Waals surface area contributed by atoms with Crippen molar-refractivity contribution in [3.63, 3.8) is 0 Å². The molecule has 1 aromatic carbocycles. The molecule has 1 unspecified atom stereocenters. The van der Waals surface area contributed by atoms with Crippen LogP contribution in [0.3, 0.4) is 0 Å². The predicted octanol–water partition coefficient (Wildman–Crippen LogP) is 1.59. The van der Waals surface area contributed by atoms with Gasteiger partial charge in [-0.25, -0.2) is 17.1 Å². The van der Waals surface area contributed by atoms with Crippen LogP contribution in [0.25, 0.3) is 0 Å².